The fraction of sp³-hybridized carbons (Fsp3) is 0.333. The number of phenolic OH excluding ortho intramolecular Hbond substituents is 1. The number of phenols is 1. The molecule has 0 spiro atoms. The van der Waals surface area contributed by atoms with Gasteiger partial charge in [-0.1, -0.05) is 0 Å². The lowest BCUT2D eigenvalue weighted by atomic mass is 10.1. The second-order valence-electron chi connectivity index (χ2n) is 5.60. The predicted molar refractivity (Wildman–Crippen MR) is 86.3 cm³/mol. The number of likely N-dealkylation sites (N-methyl/N-ethyl adjacent to an activating group) is 1. The summed E-state index contributed by atoms with van der Waals surface area (Å²) in [6.45, 7) is 1.95. The molecular formula is C15H14F2N2O4S. The molecule has 1 aromatic carbocycles. The molecule has 0 atom stereocenters. The number of nitrogens with zero attached hydrogens (tertiary/aromatic N) is 2. The molecule has 2 N–H and O–H groups in total. The largest absolute Gasteiger partial charge is 0.504 e. The van der Waals surface area contributed by atoms with Gasteiger partial charge in [-0.25, -0.2) is 13.6 Å². The molecule has 1 aromatic heterocycles. The van der Waals surface area contributed by atoms with Gasteiger partial charge >= 0.3 is 5.97 Å². The van der Waals surface area contributed by atoms with Gasteiger partial charge in [0.25, 0.3) is 0 Å². The van der Waals surface area contributed by atoms with E-state index in [0.717, 1.165) is 5.38 Å². The van der Waals surface area contributed by atoms with Crippen LogP contribution in [0, 0.1) is 11.6 Å². The Bertz CT molecular complexity index is 891. The zero-order chi connectivity index (χ0) is 17.6. The van der Waals surface area contributed by atoms with Gasteiger partial charge in [-0.05, 0) is 7.05 Å². The van der Waals surface area contributed by atoms with Crippen molar-refractivity contribution in [3.8, 4) is 5.75 Å². The maximum atomic E-state index is 14.8. The summed E-state index contributed by atoms with van der Waals surface area (Å²) in [4.78, 5) is 26.6. The number of rotatable bonds is 2. The number of carboxylic acids is 1. The number of benzene rings is 1. The van der Waals surface area contributed by atoms with Crippen molar-refractivity contribution in [2.24, 2.45) is 0 Å². The smallest absolute Gasteiger partial charge is 0.340 e. The minimum absolute atomic E-state index is 0.252. The maximum Gasteiger partial charge on any atom is 0.340 e. The summed E-state index contributed by atoms with van der Waals surface area (Å²) in [5.74, 6) is -4.72. The fourth-order valence-corrected chi connectivity index (χ4v) is 3.68. The third kappa shape index (κ3) is 2.49. The SMILES string of the molecule is CN1CCN(c2c(F)c(O)c3c(=O)c(C(=O)O)csc3c2F)CC1. The van der Waals surface area contributed by atoms with Gasteiger partial charge in [-0.2, -0.15) is 0 Å². The molecule has 2 aromatic rings. The summed E-state index contributed by atoms with van der Waals surface area (Å²) in [5.41, 5.74) is -2.11. The fourth-order valence-electron chi connectivity index (χ4n) is 2.73. The molecule has 1 aliphatic rings. The van der Waals surface area contributed by atoms with E-state index in [2.05, 4.69) is 0 Å². The van der Waals surface area contributed by atoms with E-state index in [-0.39, 0.29) is 10.4 Å². The van der Waals surface area contributed by atoms with E-state index < -0.39 is 39.7 Å². The monoisotopic (exact) mass is 356 g/mol. The molecule has 1 aliphatic heterocycles. The molecule has 24 heavy (non-hydrogen) atoms. The number of fused-ring (bicyclic) bond motifs is 1. The Morgan fingerprint density at radius 3 is 2.42 bits per heavy atom. The van der Waals surface area contributed by atoms with Crippen molar-refractivity contribution in [1.29, 1.82) is 0 Å². The van der Waals surface area contributed by atoms with Crippen molar-refractivity contribution in [3.05, 3.63) is 32.8 Å². The molecule has 0 radical (unpaired) electrons. The summed E-state index contributed by atoms with van der Waals surface area (Å²) in [7, 11) is 1.89. The van der Waals surface area contributed by atoms with Gasteiger partial charge in [-0.3, -0.25) is 4.79 Å². The Hall–Kier alpha value is -2.26. The van der Waals surface area contributed by atoms with E-state index >= 15 is 0 Å². The Kier molecular flexibility index (Phi) is 4.14. The quantitative estimate of drug-likeness (QED) is 0.852. The van der Waals surface area contributed by atoms with Crippen molar-refractivity contribution in [2.45, 2.75) is 0 Å². The third-order valence-electron chi connectivity index (χ3n) is 4.10. The van der Waals surface area contributed by atoms with Crippen LogP contribution in [0.2, 0.25) is 0 Å². The number of anilines is 1. The van der Waals surface area contributed by atoms with Crippen LogP contribution in [-0.2, 0) is 0 Å². The first-order valence-corrected chi connectivity index (χ1v) is 8.03. The van der Waals surface area contributed by atoms with Crippen LogP contribution >= 0.6 is 11.3 Å². The Balaban J connectivity index is 2.26. The van der Waals surface area contributed by atoms with Gasteiger partial charge in [0.05, 0.1) is 10.1 Å². The molecule has 0 aliphatic carbocycles. The number of hydrogen-bond acceptors (Lipinski definition) is 6. The van der Waals surface area contributed by atoms with E-state index in [0.29, 0.717) is 37.5 Å². The first-order valence-electron chi connectivity index (χ1n) is 7.15. The van der Waals surface area contributed by atoms with E-state index in [1.165, 1.54) is 4.90 Å². The molecule has 0 unspecified atom stereocenters. The van der Waals surface area contributed by atoms with Gasteiger partial charge < -0.3 is 20.0 Å². The minimum Gasteiger partial charge on any atom is -0.504 e. The van der Waals surface area contributed by atoms with E-state index in [1.54, 1.807) is 0 Å². The average Bonchev–Trinajstić information content (AvgIpc) is 2.54. The summed E-state index contributed by atoms with van der Waals surface area (Å²) in [6.07, 6.45) is 0. The maximum absolute atomic E-state index is 14.8. The first kappa shape index (κ1) is 16.6. The molecule has 2 heterocycles. The average molecular weight is 356 g/mol. The second-order valence-corrected chi connectivity index (χ2v) is 6.48. The van der Waals surface area contributed by atoms with Gasteiger partial charge in [0, 0.05) is 31.6 Å². The molecular weight excluding hydrogens is 342 g/mol. The molecule has 0 bridgehead atoms. The molecule has 128 valence electrons. The standard InChI is InChI=1S/C15H14F2N2O4S/c1-18-2-4-19(5-3-18)11-9(16)13(21)8-12(20)7(15(22)23)6-24-14(8)10(11)17/h6,21H,2-5H2,1H3,(H,22,23). The van der Waals surface area contributed by atoms with E-state index in [1.807, 2.05) is 11.9 Å². The third-order valence-corrected chi connectivity index (χ3v) is 5.08. The van der Waals surface area contributed by atoms with Crippen molar-refractivity contribution in [2.75, 3.05) is 38.1 Å². The summed E-state index contributed by atoms with van der Waals surface area (Å²) >= 11 is 0.655. The Morgan fingerprint density at radius 1 is 1.21 bits per heavy atom. The van der Waals surface area contributed by atoms with Crippen molar-refractivity contribution >= 4 is 33.1 Å². The summed E-state index contributed by atoms with van der Waals surface area (Å²) < 4.78 is 29.1. The van der Waals surface area contributed by atoms with Crippen molar-refractivity contribution < 1.29 is 23.8 Å². The first-order chi connectivity index (χ1) is 11.3. The molecule has 0 saturated carbocycles. The Labute approximate surface area is 139 Å². The Morgan fingerprint density at radius 2 is 1.83 bits per heavy atom. The van der Waals surface area contributed by atoms with Crippen molar-refractivity contribution in [3.63, 3.8) is 0 Å². The second kappa shape index (κ2) is 5.99. The van der Waals surface area contributed by atoms with Crippen LogP contribution in [0.5, 0.6) is 5.75 Å². The molecule has 9 heteroatoms. The van der Waals surface area contributed by atoms with Crippen LogP contribution in [0.1, 0.15) is 10.4 Å². The molecule has 1 fully saturated rings. The summed E-state index contributed by atoms with van der Waals surface area (Å²) in [5, 5.41) is 19.4. The lowest BCUT2D eigenvalue weighted by Crippen LogP contribution is -2.45. The number of carboxylic acid groups (broad SMARTS) is 1. The molecule has 3 rings (SSSR count). The van der Waals surface area contributed by atoms with Gasteiger partial charge in [0.15, 0.2) is 17.4 Å². The lowest BCUT2D eigenvalue weighted by molar-refractivity contribution is 0.0696. The van der Waals surface area contributed by atoms with Crippen LogP contribution in [0.25, 0.3) is 10.1 Å². The minimum atomic E-state index is -1.51. The van der Waals surface area contributed by atoms with E-state index in [4.69, 9.17) is 5.11 Å². The van der Waals surface area contributed by atoms with E-state index in [9.17, 15) is 23.5 Å². The summed E-state index contributed by atoms with van der Waals surface area (Å²) in [6, 6.07) is 0. The van der Waals surface area contributed by atoms with Crippen LogP contribution in [0.4, 0.5) is 14.5 Å². The van der Waals surface area contributed by atoms with Crippen molar-refractivity contribution in [1.82, 2.24) is 4.90 Å². The highest BCUT2D eigenvalue weighted by atomic mass is 32.1. The van der Waals surface area contributed by atoms with Crippen LogP contribution in [0.15, 0.2) is 10.2 Å². The highest BCUT2D eigenvalue weighted by Crippen LogP contribution is 2.39. The predicted octanol–water partition coefficient (Wildman–Crippen LogP) is 1.70. The number of halogens is 2. The topological polar surface area (TPSA) is 81.1 Å². The highest BCUT2D eigenvalue weighted by molar-refractivity contribution is 7.16. The van der Waals surface area contributed by atoms with Gasteiger partial charge in [0.1, 0.15) is 11.3 Å². The zero-order valence-corrected chi connectivity index (χ0v) is 13.5. The molecule has 6 nitrogen and oxygen atoms in total. The number of piperazine rings is 1. The normalized spacial score (nSPS) is 15.9. The zero-order valence-electron chi connectivity index (χ0n) is 12.7. The highest BCUT2D eigenvalue weighted by Gasteiger charge is 2.28. The lowest BCUT2D eigenvalue weighted by Gasteiger charge is -2.34. The van der Waals surface area contributed by atoms with Crippen LogP contribution in [-0.4, -0.2) is 54.3 Å². The molecule has 0 amide bonds. The molecule has 1 saturated heterocycles. The van der Waals surface area contributed by atoms with Crippen LogP contribution in [0.3, 0.4) is 0 Å². The number of aromatic hydroxyl groups is 1. The number of hydrogen-bond donors (Lipinski definition) is 2. The van der Waals surface area contributed by atoms with Gasteiger partial charge in [0.2, 0.25) is 5.43 Å². The van der Waals surface area contributed by atoms with Crippen LogP contribution < -0.4 is 10.3 Å². The van der Waals surface area contributed by atoms with Gasteiger partial charge in [-0.15, -0.1) is 11.3 Å². The number of aromatic carboxylic acids is 1. The number of carbonyl (C=O) groups is 1.